The van der Waals surface area contributed by atoms with E-state index in [9.17, 15) is 9.90 Å². The van der Waals surface area contributed by atoms with E-state index in [2.05, 4.69) is 21.9 Å². The number of hydrogen-bond acceptors (Lipinski definition) is 4. The minimum Gasteiger partial charge on any atom is -0.390 e. The maximum Gasteiger partial charge on any atom is 0.239 e. The summed E-state index contributed by atoms with van der Waals surface area (Å²) in [6.45, 7) is 2.87. The number of rotatable bonds is 7. The molecule has 1 saturated heterocycles. The first-order valence-corrected chi connectivity index (χ1v) is 8.33. The molecule has 2 atom stereocenters. The van der Waals surface area contributed by atoms with Gasteiger partial charge in [-0.1, -0.05) is 30.3 Å². The van der Waals surface area contributed by atoms with Gasteiger partial charge in [-0.25, -0.2) is 0 Å². The van der Waals surface area contributed by atoms with Crippen molar-refractivity contribution in [3.05, 3.63) is 35.9 Å². The van der Waals surface area contributed by atoms with Gasteiger partial charge in [0.05, 0.1) is 12.1 Å². The fraction of sp³-hybridized carbons (Fsp3) is 0.611. The van der Waals surface area contributed by atoms with Gasteiger partial charge in [-0.2, -0.15) is 0 Å². The molecule has 1 heterocycles. The topological polar surface area (TPSA) is 47.0 Å². The van der Waals surface area contributed by atoms with E-state index in [0.717, 1.165) is 25.9 Å². The van der Waals surface area contributed by atoms with Crippen LogP contribution in [-0.2, 0) is 11.3 Å². The highest BCUT2D eigenvalue weighted by Crippen LogP contribution is 2.19. The van der Waals surface area contributed by atoms with E-state index in [1.165, 1.54) is 5.56 Å². The van der Waals surface area contributed by atoms with Crippen molar-refractivity contribution in [2.75, 3.05) is 40.8 Å². The van der Waals surface area contributed by atoms with Gasteiger partial charge < -0.3 is 10.0 Å². The van der Waals surface area contributed by atoms with Crippen molar-refractivity contribution in [1.29, 1.82) is 0 Å². The predicted molar refractivity (Wildman–Crippen MR) is 92.1 cm³/mol. The second-order valence-corrected chi connectivity index (χ2v) is 6.72. The third kappa shape index (κ3) is 5.30. The Bertz CT molecular complexity index is 492. The number of β-amino-alcohol motifs (C(OH)–C–C–N with tert-alkyl or cyclic N) is 1. The summed E-state index contributed by atoms with van der Waals surface area (Å²) in [6, 6.07) is 10.2. The zero-order valence-electron chi connectivity index (χ0n) is 14.5. The molecule has 2 rings (SSSR count). The van der Waals surface area contributed by atoms with Crippen LogP contribution in [0.15, 0.2) is 30.3 Å². The molecule has 0 spiro atoms. The molecule has 1 aliphatic heterocycles. The van der Waals surface area contributed by atoms with Crippen molar-refractivity contribution in [2.45, 2.75) is 31.5 Å². The maximum atomic E-state index is 12.2. The van der Waals surface area contributed by atoms with E-state index >= 15 is 0 Å². The monoisotopic (exact) mass is 319 g/mol. The van der Waals surface area contributed by atoms with Gasteiger partial charge in [-0.15, -0.1) is 0 Å². The molecule has 0 bridgehead atoms. The lowest BCUT2D eigenvalue weighted by Crippen LogP contribution is -2.47. The Balaban J connectivity index is 1.81. The summed E-state index contributed by atoms with van der Waals surface area (Å²) in [4.78, 5) is 18.1. The van der Waals surface area contributed by atoms with Gasteiger partial charge in [0.2, 0.25) is 5.91 Å². The molecule has 1 amide bonds. The zero-order chi connectivity index (χ0) is 16.8. The molecule has 1 aromatic rings. The third-order valence-electron chi connectivity index (χ3n) is 4.35. The molecule has 23 heavy (non-hydrogen) atoms. The van der Waals surface area contributed by atoms with Gasteiger partial charge in [0.1, 0.15) is 0 Å². The summed E-state index contributed by atoms with van der Waals surface area (Å²) >= 11 is 0. The zero-order valence-corrected chi connectivity index (χ0v) is 14.5. The molecular formula is C18H29N3O2. The Morgan fingerprint density at radius 2 is 2.00 bits per heavy atom. The highest BCUT2D eigenvalue weighted by molar-refractivity contribution is 5.81. The SMILES string of the molecule is CN(Cc1ccccc1)CC(O)CN1CCCC1C(=O)N(C)C. The number of likely N-dealkylation sites (tertiary alicyclic amines) is 1. The predicted octanol–water partition coefficient (Wildman–Crippen LogP) is 1.03. The van der Waals surface area contributed by atoms with E-state index in [1.807, 2.05) is 25.2 Å². The highest BCUT2D eigenvalue weighted by Gasteiger charge is 2.32. The van der Waals surface area contributed by atoms with E-state index in [-0.39, 0.29) is 11.9 Å². The quantitative estimate of drug-likeness (QED) is 0.815. The summed E-state index contributed by atoms with van der Waals surface area (Å²) in [5, 5.41) is 10.4. The number of aliphatic hydroxyl groups is 1. The molecule has 1 aromatic carbocycles. The molecule has 0 radical (unpaired) electrons. The van der Waals surface area contributed by atoms with Crippen LogP contribution in [0.2, 0.25) is 0 Å². The summed E-state index contributed by atoms with van der Waals surface area (Å²) in [5.41, 5.74) is 1.24. The average molecular weight is 319 g/mol. The number of hydrogen-bond donors (Lipinski definition) is 1. The number of benzene rings is 1. The van der Waals surface area contributed by atoms with Gasteiger partial charge in [0.15, 0.2) is 0 Å². The van der Waals surface area contributed by atoms with Crippen LogP contribution in [0.25, 0.3) is 0 Å². The molecule has 1 fully saturated rings. The van der Waals surface area contributed by atoms with Gasteiger partial charge in [0, 0.05) is 33.7 Å². The lowest BCUT2D eigenvalue weighted by atomic mass is 10.2. The average Bonchev–Trinajstić information content (AvgIpc) is 2.94. The van der Waals surface area contributed by atoms with Gasteiger partial charge in [-0.3, -0.25) is 14.6 Å². The van der Waals surface area contributed by atoms with Crippen molar-refractivity contribution in [2.24, 2.45) is 0 Å². The third-order valence-corrected chi connectivity index (χ3v) is 4.35. The molecule has 1 aliphatic rings. The smallest absolute Gasteiger partial charge is 0.239 e. The van der Waals surface area contributed by atoms with Crippen LogP contribution in [0.5, 0.6) is 0 Å². The lowest BCUT2D eigenvalue weighted by molar-refractivity contribution is -0.133. The van der Waals surface area contributed by atoms with Gasteiger partial charge in [-0.05, 0) is 32.0 Å². The summed E-state index contributed by atoms with van der Waals surface area (Å²) in [5.74, 6) is 0.146. The van der Waals surface area contributed by atoms with Crippen molar-refractivity contribution < 1.29 is 9.90 Å². The van der Waals surface area contributed by atoms with E-state index < -0.39 is 6.10 Å². The molecule has 1 N–H and O–H groups in total. The van der Waals surface area contributed by atoms with Crippen LogP contribution < -0.4 is 0 Å². The van der Waals surface area contributed by atoms with Crippen molar-refractivity contribution >= 4 is 5.91 Å². The second-order valence-electron chi connectivity index (χ2n) is 6.72. The Morgan fingerprint density at radius 3 is 2.65 bits per heavy atom. The van der Waals surface area contributed by atoms with Crippen LogP contribution in [0, 0.1) is 0 Å². The van der Waals surface area contributed by atoms with Crippen molar-refractivity contribution in [3.8, 4) is 0 Å². The number of aliphatic hydroxyl groups excluding tert-OH is 1. The van der Waals surface area contributed by atoms with Crippen LogP contribution in [-0.4, -0.2) is 78.6 Å². The summed E-state index contributed by atoms with van der Waals surface area (Å²) in [6.07, 6.45) is 1.47. The number of carbonyl (C=O) groups excluding carboxylic acids is 1. The fourth-order valence-electron chi connectivity index (χ4n) is 3.27. The first-order chi connectivity index (χ1) is 11.0. The number of likely N-dealkylation sites (N-methyl/N-ethyl adjacent to an activating group) is 2. The van der Waals surface area contributed by atoms with Crippen LogP contribution in [0.4, 0.5) is 0 Å². The molecule has 5 nitrogen and oxygen atoms in total. The molecule has 5 heteroatoms. The second kappa shape index (κ2) is 8.43. The summed E-state index contributed by atoms with van der Waals surface area (Å²) < 4.78 is 0. The normalized spacial score (nSPS) is 20.0. The van der Waals surface area contributed by atoms with Crippen molar-refractivity contribution in [3.63, 3.8) is 0 Å². The Hall–Kier alpha value is -1.43. The van der Waals surface area contributed by atoms with Crippen LogP contribution in [0.3, 0.4) is 0 Å². The fourth-order valence-corrected chi connectivity index (χ4v) is 3.27. The number of carbonyl (C=O) groups is 1. The number of amides is 1. The first-order valence-electron chi connectivity index (χ1n) is 8.33. The molecule has 0 aromatic heterocycles. The van der Waals surface area contributed by atoms with Gasteiger partial charge >= 0.3 is 0 Å². The molecular weight excluding hydrogens is 290 g/mol. The van der Waals surface area contributed by atoms with E-state index in [1.54, 1.807) is 19.0 Å². The maximum absolute atomic E-state index is 12.2. The molecule has 0 aliphatic carbocycles. The minimum absolute atomic E-state index is 0.0703. The van der Waals surface area contributed by atoms with Crippen LogP contribution in [0.1, 0.15) is 18.4 Å². The first kappa shape index (κ1) is 17.9. The number of nitrogens with zero attached hydrogens (tertiary/aromatic N) is 3. The Kier molecular flexibility index (Phi) is 6.57. The molecule has 0 saturated carbocycles. The van der Waals surface area contributed by atoms with E-state index in [4.69, 9.17) is 0 Å². The summed E-state index contributed by atoms with van der Waals surface area (Å²) in [7, 11) is 5.61. The Morgan fingerprint density at radius 1 is 1.30 bits per heavy atom. The van der Waals surface area contributed by atoms with Crippen molar-refractivity contribution in [1.82, 2.24) is 14.7 Å². The van der Waals surface area contributed by atoms with Crippen LogP contribution >= 0.6 is 0 Å². The minimum atomic E-state index is -0.445. The standard InChI is InChI=1S/C18H29N3O2/c1-19(2)18(23)17-10-7-11-21(17)14-16(22)13-20(3)12-15-8-5-4-6-9-15/h4-6,8-9,16-17,22H,7,10-14H2,1-3H3. The van der Waals surface area contributed by atoms with Gasteiger partial charge in [0.25, 0.3) is 0 Å². The molecule has 128 valence electrons. The largest absolute Gasteiger partial charge is 0.390 e. The molecule has 2 unspecified atom stereocenters. The highest BCUT2D eigenvalue weighted by atomic mass is 16.3. The Labute approximate surface area is 139 Å². The lowest BCUT2D eigenvalue weighted by Gasteiger charge is -2.29. The van der Waals surface area contributed by atoms with E-state index in [0.29, 0.717) is 13.1 Å².